The average Bonchev–Trinajstić information content (AvgIpc) is 2.76. The SMILES string of the molecule is Cc1cc(C)nc(NS(=O)(=O)c2ccc(NC(=O)CCCN(c3ccc(F)cc3)S(C)(=O)=O)cc2)n1. The summed E-state index contributed by atoms with van der Waals surface area (Å²) < 4.78 is 66.1. The van der Waals surface area contributed by atoms with Crippen LogP contribution in [-0.2, 0) is 24.8 Å². The minimum atomic E-state index is -3.93. The van der Waals surface area contributed by atoms with Crippen LogP contribution in [0.5, 0.6) is 0 Å². The van der Waals surface area contributed by atoms with E-state index in [1.54, 1.807) is 19.9 Å². The van der Waals surface area contributed by atoms with Crippen molar-refractivity contribution >= 4 is 43.3 Å². The molecule has 0 atom stereocenters. The van der Waals surface area contributed by atoms with Gasteiger partial charge >= 0.3 is 0 Å². The smallest absolute Gasteiger partial charge is 0.264 e. The van der Waals surface area contributed by atoms with Crippen LogP contribution in [0, 0.1) is 19.7 Å². The fourth-order valence-corrected chi connectivity index (χ4v) is 5.28. The molecule has 1 amide bonds. The van der Waals surface area contributed by atoms with Crippen LogP contribution in [0.1, 0.15) is 24.2 Å². The first-order valence-electron chi connectivity index (χ1n) is 10.8. The molecule has 10 nitrogen and oxygen atoms in total. The Labute approximate surface area is 209 Å². The fourth-order valence-electron chi connectivity index (χ4n) is 3.37. The number of hydrogen-bond donors (Lipinski definition) is 2. The van der Waals surface area contributed by atoms with Gasteiger partial charge in [-0.1, -0.05) is 0 Å². The van der Waals surface area contributed by atoms with Gasteiger partial charge in [-0.25, -0.2) is 35.9 Å². The molecule has 0 aliphatic carbocycles. The molecule has 192 valence electrons. The van der Waals surface area contributed by atoms with Crippen LogP contribution in [-0.4, -0.2) is 45.5 Å². The number of rotatable bonds is 10. The van der Waals surface area contributed by atoms with E-state index in [-0.39, 0.29) is 36.1 Å². The Balaban J connectivity index is 1.58. The Morgan fingerprint density at radius 2 is 1.53 bits per heavy atom. The monoisotopic (exact) mass is 535 g/mol. The Hall–Kier alpha value is -3.58. The van der Waals surface area contributed by atoms with Gasteiger partial charge < -0.3 is 5.32 Å². The summed E-state index contributed by atoms with van der Waals surface area (Å²) in [6.45, 7) is 3.48. The van der Waals surface area contributed by atoms with Gasteiger partial charge in [0.1, 0.15) is 5.82 Å². The number of aryl methyl sites for hydroxylation is 2. The zero-order chi connectivity index (χ0) is 26.5. The lowest BCUT2D eigenvalue weighted by molar-refractivity contribution is -0.116. The van der Waals surface area contributed by atoms with E-state index in [0.29, 0.717) is 22.8 Å². The Morgan fingerprint density at radius 3 is 2.08 bits per heavy atom. The normalized spacial score (nSPS) is 11.7. The first-order chi connectivity index (χ1) is 16.8. The number of halogens is 1. The number of amides is 1. The Morgan fingerprint density at radius 1 is 0.944 bits per heavy atom. The largest absolute Gasteiger partial charge is 0.326 e. The van der Waals surface area contributed by atoms with Gasteiger partial charge in [-0.3, -0.25) is 9.10 Å². The van der Waals surface area contributed by atoms with Gasteiger partial charge in [-0.05, 0) is 74.9 Å². The molecule has 13 heteroatoms. The molecule has 0 aliphatic rings. The van der Waals surface area contributed by atoms with Crippen LogP contribution >= 0.6 is 0 Å². The molecular formula is C23H26FN5O5S2. The summed E-state index contributed by atoms with van der Waals surface area (Å²) >= 11 is 0. The zero-order valence-corrected chi connectivity index (χ0v) is 21.5. The molecule has 3 rings (SSSR count). The molecule has 3 aromatic rings. The van der Waals surface area contributed by atoms with E-state index in [2.05, 4.69) is 20.0 Å². The van der Waals surface area contributed by atoms with Crippen molar-refractivity contribution < 1.29 is 26.0 Å². The van der Waals surface area contributed by atoms with Crippen LogP contribution in [0.15, 0.2) is 59.5 Å². The van der Waals surface area contributed by atoms with Crippen LogP contribution < -0.4 is 14.3 Å². The number of nitrogens with zero attached hydrogens (tertiary/aromatic N) is 3. The number of benzene rings is 2. The number of sulfonamides is 2. The first kappa shape index (κ1) is 27.0. The Kier molecular flexibility index (Phi) is 8.25. The molecule has 2 N–H and O–H groups in total. The maximum absolute atomic E-state index is 13.2. The lowest BCUT2D eigenvalue weighted by Gasteiger charge is -2.22. The summed E-state index contributed by atoms with van der Waals surface area (Å²) in [4.78, 5) is 20.4. The highest BCUT2D eigenvalue weighted by atomic mass is 32.2. The molecule has 0 unspecified atom stereocenters. The van der Waals surface area contributed by atoms with Crippen molar-refractivity contribution in [1.29, 1.82) is 0 Å². The molecule has 0 fully saturated rings. The fraction of sp³-hybridized carbons (Fsp3) is 0.261. The highest BCUT2D eigenvalue weighted by Crippen LogP contribution is 2.20. The van der Waals surface area contributed by atoms with Crippen molar-refractivity contribution in [2.75, 3.05) is 27.1 Å². The molecule has 0 bridgehead atoms. The molecule has 2 aromatic carbocycles. The molecular weight excluding hydrogens is 509 g/mol. The van der Waals surface area contributed by atoms with Gasteiger partial charge in [0.05, 0.1) is 16.8 Å². The van der Waals surface area contributed by atoms with E-state index in [4.69, 9.17) is 0 Å². The number of hydrogen-bond acceptors (Lipinski definition) is 7. The molecule has 1 aromatic heterocycles. The molecule has 0 spiro atoms. The van der Waals surface area contributed by atoms with Gasteiger partial charge in [0.15, 0.2) is 0 Å². The summed E-state index contributed by atoms with van der Waals surface area (Å²) in [5, 5.41) is 2.65. The quantitative estimate of drug-likeness (QED) is 0.406. The van der Waals surface area contributed by atoms with E-state index in [0.717, 1.165) is 22.7 Å². The van der Waals surface area contributed by atoms with Gasteiger partial charge in [-0.2, -0.15) is 0 Å². The molecule has 36 heavy (non-hydrogen) atoms. The van der Waals surface area contributed by atoms with Crippen molar-refractivity contribution in [3.05, 3.63) is 71.8 Å². The molecule has 0 saturated carbocycles. The van der Waals surface area contributed by atoms with E-state index in [1.807, 2.05) is 0 Å². The molecule has 0 radical (unpaired) electrons. The highest BCUT2D eigenvalue weighted by molar-refractivity contribution is 7.92. The Bertz CT molecular complexity index is 1420. The maximum Gasteiger partial charge on any atom is 0.264 e. The van der Waals surface area contributed by atoms with E-state index >= 15 is 0 Å². The van der Waals surface area contributed by atoms with Crippen molar-refractivity contribution in [2.24, 2.45) is 0 Å². The summed E-state index contributed by atoms with van der Waals surface area (Å²) in [5.74, 6) is -0.895. The van der Waals surface area contributed by atoms with Crippen molar-refractivity contribution in [2.45, 2.75) is 31.6 Å². The topological polar surface area (TPSA) is 138 Å². The van der Waals surface area contributed by atoms with Gasteiger partial charge in [0, 0.05) is 30.0 Å². The summed E-state index contributed by atoms with van der Waals surface area (Å²) in [6.07, 6.45) is 1.26. The van der Waals surface area contributed by atoms with Crippen molar-refractivity contribution in [3.63, 3.8) is 0 Å². The highest BCUT2D eigenvalue weighted by Gasteiger charge is 2.19. The second kappa shape index (κ2) is 11.0. The summed E-state index contributed by atoms with van der Waals surface area (Å²) in [7, 11) is -7.56. The second-order valence-corrected chi connectivity index (χ2v) is 11.7. The molecule has 0 aliphatic heterocycles. The average molecular weight is 536 g/mol. The maximum atomic E-state index is 13.2. The van der Waals surface area contributed by atoms with Crippen molar-refractivity contribution in [3.8, 4) is 0 Å². The number of carbonyl (C=O) groups is 1. The molecule has 0 saturated heterocycles. The van der Waals surface area contributed by atoms with Crippen LogP contribution in [0.4, 0.5) is 21.7 Å². The van der Waals surface area contributed by atoms with Gasteiger partial charge in [-0.15, -0.1) is 0 Å². The van der Waals surface area contributed by atoms with Crippen LogP contribution in [0.2, 0.25) is 0 Å². The van der Waals surface area contributed by atoms with E-state index < -0.39 is 25.9 Å². The third-order valence-corrected chi connectivity index (χ3v) is 7.47. The van der Waals surface area contributed by atoms with Crippen molar-refractivity contribution in [1.82, 2.24) is 9.97 Å². The predicted molar refractivity (Wildman–Crippen MR) is 135 cm³/mol. The van der Waals surface area contributed by atoms with E-state index in [9.17, 15) is 26.0 Å². The number of nitrogens with one attached hydrogen (secondary N) is 2. The number of aromatic nitrogens is 2. The van der Waals surface area contributed by atoms with Gasteiger partial charge in [0.2, 0.25) is 21.9 Å². The third kappa shape index (κ3) is 7.46. The van der Waals surface area contributed by atoms with E-state index in [1.165, 1.54) is 36.4 Å². The zero-order valence-electron chi connectivity index (χ0n) is 19.9. The number of carbonyl (C=O) groups excluding carboxylic acids is 1. The van der Waals surface area contributed by atoms with Gasteiger partial charge in [0.25, 0.3) is 10.0 Å². The lowest BCUT2D eigenvalue weighted by Crippen LogP contribution is -2.31. The minimum Gasteiger partial charge on any atom is -0.326 e. The summed E-state index contributed by atoms with van der Waals surface area (Å²) in [6, 6.07) is 12.3. The third-order valence-electron chi connectivity index (χ3n) is 4.94. The van der Waals surface area contributed by atoms with Crippen LogP contribution in [0.25, 0.3) is 0 Å². The molecule has 1 heterocycles. The minimum absolute atomic E-state index is 0.0128. The standard InChI is InChI=1S/C23H26FN5O5S2/c1-16-15-17(2)26-23(25-16)28-36(33,34)21-12-8-19(9-13-21)27-22(30)5-4-14-29(35(3,31)32)20-10-6-18(24)7-11-20/h6-13,15H,4-5,14H2,1-3H3,(H,27,30)(H,25,26,28). The predicted octanol–water partition coefficient (Wildman–Crippen LogP) is 3.22. The lowest BCUT2D eigenvalue weighted by atomic mass is 10.2. The second-order valence-electron chi connectivity index (χ2n) is 8.07. The first-order valence-corrected chi connectivity index (χ1v) is 14.1. The summed E-state index contributed by atoms with van der Waals surface area (Å²) in [5.41, 5.74) is 1.92. The number of anilines is 3. The van der Waals surface area contributed by atoms with Crippen LogP contribution in [0.3, 0.4) is 0 Å².